The van der Waals surface area contributed by atoms with Crippen molar-refractivity contribution in [2.45, 2.75) is 12.3 Å². The van der Waals surface area contributed by atoms with E-state index in [9.17, 15) is 18.0 Å². The molecule has 0 unspecified atom stereocenters. The van der Waals surface area contributed by atoms with Gasteiger partial charge in [0.25, 0.3) is 5.91 Å². The first-order valence-electron chi connectivity index (χ1n) is 8.36. The van der Waals surface area contributed by atoms with Crippen LogP contribution >= 0.6 is 0 Å². The second-order valence-electron chi connectivity index (χ2n) is 6.23. The van der Waals surface area contributed by atoms with Gasteiger partial charge < -0.3 is 5.32 Å². The van der Waals surface area contributed by atoms with Crippen molar-refractivity contribution in [3.8, 4) is 0 Å². The number of alkyl halides is 3. The lowest BCUT2D eigenvalue weighted by molar-refractivity contribution is -0.137. The van der Waals surface area contributed by atoms with Gasteiger partial charge in [0.2, 0.25) is 0 Å². The quantitative estimate of drug-likeness (QED) is 0.650. The third-order valence-electron chi connectivity index (χ3n) is 4.49. The minimum Gasteiger partial charge on any atom is -0.360 e. The molecule has 0 saturated heterocycles. The molecule has 1 N–H and O–H groups in total. The predicted molar refractivity (Wildman–Crippen MR) is 97.5 cm³/mol. The fourth-order valence-electron chi connectivity index (χ4n) is 3.23. The molecule has 27 heavy (non-hydrogen) atoms. The molecule has 3 aromatic rings. The van der Waals surface area contributed by atoms with Gasteiger partial charge in [0.05, 0.1) is 11.1 Å². The molecule has 1 heterocycles. The maximum absolute atomic E-state index is 13.2. The van der Waals surface area contributed by atoms with Crippen LogP contribution in [0.25, 0.3) is 0 Å². The van der Waals surface area contributed by atoms with E-state index in [2.05, 4.69) is 5.32 Å². The molecule has 0 bridgehead atoms. The number of rotatable bonds is 2. The highest BCUT2D eigenvalue weighted by molar-refractivity contribution is 6.12. The van der Waals surface area contributed by atoms with Crippen molar-refractivity contribution < 1.29 is 18.0 Å². The topological polar surface area (TPSA) is 32.3 Å². The molecule has 136 valence electrons. The van der Waals surface area contributed by atoms with E-state index < -0.39 is 17.9 Å². The molecule has 0 aliphatic carbocycles. The number of carbonyl (C=O) groups is 1. The number of carbonyl (C=O) groups excluding carboxylic acids is 1. The SMILES string of the molecule is O=C1c2ccccc2N[C@@H](c2cccc(C(F)(F)F)c2)N1c1ccccc1. The zero-order valence-corrected chi connectivity index (χ0v) is 14.1. The Morgan fingerprint density at radius 2 is 1.56 bits per heavy atom. The number of anilines is 2. The van der Waals surface area contributed by atoms with Gasteiger partial charge in [-0.15, -0.1) is 0 Å². The molecule has 3 nitrogen and oxygen atoms in total. The van der Waals surface area contributed by atoms with Crippen molar-refractivity contribution in [3.05, 3.63) is 95.6 Å². The second-order valence-corrected chi connectivity index (χ2v) is 6.23. The van der Waals surface area contributed by atoms with Crippen molar-refractivity contribution in [2.24, 2.45) is 0 Å². The Morgan fingerprint density at radius 3 is 2.30 bits per heavy atom. The van der Waals surface area contributed by atoms with Gasteiger partial charge in [0.15, 0.2) is 0 Å². The number of halogens is 3. The fourth-order valence-corrected chi connectivity index (χ4v) is 3.23. The standard InChI is InChI=1S/C21H15F3N2O/c22-21(23,24)15-8-6-7-14(13-15)19-25-18-12-5-4-11-17(18)20(27)26(19)16-9-2-1-3-10-16/h1-13,19,25H/t19-/m1/s1. The van der Waals surface area contributed by atoms with E-state index in [0.717, 1.165) is 12.1 Å². The Labute approximate surface area is 154 Å². The first-order chi connectivity index (χ1) is 12.9. The number of benzene rings is 3. The van der Waals surface area contributed by atoms with Gasteiger partial charge in [0, 0.05) is 11.4 Å². The minimum absolute atomic E-state index is 0.266. The summed E-state index contributed by atoms with van der Waals surface area (Å²) in [6, 6.07) is 20.9. The van der Waals surface area contributed by atoms with Crippen molar-refractivity contribution in [2.75, 3.05) is 10.2 Å². The first-order valence-corrected chi connectivity index (χ1v) is 8.36. The number of fused-ring (bicyclic) bond motifs is 1. The van der Waals surface area contributed by atoms with Gasteiger partial charge in [-0.2, -0.15) is 13.2 Å². The summed E-state index contributed by atoms with van der Waals surface area (Å²) in [5, 5.41) is 3.21. The molecular weight excluding hydrogens is 353 g/mol. The molecule has 0 fully saturated rings. The summed E-state index contributed by atoms with van der Waals surface area (Å²) >= 11 is 0. The van der Waals surface area contributed by atoms with Crippen molar-refractivity contribution in [1.82, 2.24) is 0 Å². The molecule has 0 spiro atoms. The molecule has 1 atom stereocenters. The Kier molecular flexibility index (Phi) is 4.11. The van der Waals surface area contributed by atoms with E-state index >= 15 is 0 Å². The van der Waals surface area contributed by atoms with Gasteiger partial charge in [0.1, 0.15) is 6.17 Å². The lowest BCUT2D eigenvalue weighted by Crippen LogP contribution is -2.43. The van der Waals surface area contributed by atoms with E-state index in [1.54, 1.807) is 54.6 Å². The van der Waals surface area contributed by atoms with Gasteiger partial charge in [-0.05, 0) is 42.0 Å². The molecule has 0 saturated carbocycles. The highest BCUT2D eigenvalue weighted by Crippen LogP contribution is 2.38. The number of para-hydroxylation sites is 2. The van der Waals surface area contributed by atoms with Gasteiger partial charge in [-0.1, -0.05) is 42.5 Å². The number of hydrogen-bond acceptors (Lipinski definition) is 2. The lowest BCUT2D eigenvalue weighted by atomic mass is 10.0. The molecule has 1 amide bonds. The molecule has 1 aliphatic rings. The van der Waals surface area contributed by atoms with Crippen LogP contribution in [0, 0.1) is 0 Å². The highest BCUT2D eigenvalue weighted by atomic mass is 19.4. The molecule has 3 aromatic carbocycles. The van der Waals surface area contributed by atoms with Crippen LogP contribution in [0.1, 0.15) is 27.7 Å². The Bertz CT molecular complexity index is 986. The van der Waals surface area contributed by atoms with Crippen LogP contribution in [0.2, 0.25) is 0 Å². The average molecular weight is 368 g/mol. The Balaban J connectivity index is 1.86. The lowest BCUT2D eigenvalue weighted by Gasteiger charge is -2.38. The Hall–Kier alpha value is -3.28. The van der Waals surface area contributed by atoms with E-state index in [-0.39, 0.29) is 5.91 Å². The number of hydrogen-bond donors (Lipinski definition) is 1. The summed E-state index contributed by atoms with van der Waals surface area (Å²) in [6.07, 6.45) is -5.21. The zero-order valence-electron chi connectivity index (χ0n) is 14.1. The maximum atomic E-state index is 13.2. The summed E-state index contributed by atoms with van der Waals surface area (Å²) in [5.41, 5.74) is 1.28. The van der Waals surface area contributed by atoms with Crippen LogP contribution in [0.3, 0.4) is 0 Å². The van der Waals surface area contributed by atoms with Crippen LogP contribution in [0.15, 0.2) is 78.9 Å². The van der Waals surface area contributed by atoms with Crippen LogP contribution < -0.4 is 10.2 Å². The summed E-state index contributed by atoms with van der Waals surface area (Å²) in [6.45, 7) is 0. The molecule has 0 aromatic heterocycles. The number of amides is 1. The molecule has 1 aliphatic heterocycles. The van der Waals surface area contributed by atoms with E-state index in [1.165, 1.54) is 11.0 Å². The molecule has 0 radical (unpaired) electrons. The highest BCUT2D eigenvalue weighted by Gasteiger charge is 2.36. The second kappa shape index (κ2) is 6.46. The fraction of sp³-hybridized carbons (Fsp3) is 0.0952. The molecule has 4 rings (SSSR count). The van der Waals surface area contributed by atoms with E-state index in [1.807, 2.05) is 6.07 Å². The van der Waals surface area contributed by atoms with Crippen LogP contribution in [0.4, 0.5) is 24.5 Å². The summed E-state index contributed by atoms with van der Waals surface area (Å²) in [4.78, 5) is 14.6. The first kappa shape index (κ1) is 17.1. The van der Waals surface area contributed by atoms with Crippen LogP contribution in [0.5, 0.6) is 0 Å². The minimum atomic E-state index is -4.45. The van der Waals surface area contributed by atoms with Gasteiger partial charge in [-0.3, -0.25) is 9.69 Å². The summed E-state index contributed by atoms with van der Waals surface area (Å²) in [7, 11) is 0. The van der Waals surface area contributed by atoms with Crippen molar-refractivity contribution in [3.63, 3.8) is 0 Å². The number of nitrogens with zero attached hydrogens (tertiary/aromatic N) is 1. The van der Waals surface area contributed by atoms with Gasteiger partial charge in [-0.25, -0.2) is 0 Å². The molecule has 6 heteroatoms. The normalized spacial score (nSPS) is 16.6. The summed E-state index contributed by atoms with van der Waals surface area (Å²) < 4.78 is 39.5. The smallest absolute Gasteiger partial charge is 0.360 e. The van der Waals surface area contributed by atoms with Crippen LogP contribution in [-0.4, -0.2) is 5.91 Å². The predicted octanol–water partition coefficient (Wildman–Crippen LogP) is 5.48. The maximum Gasteiger partial charge on any atom is 0.416 e. The van der Waals surface area contributed by atoms with Gasteiger partial charge >= 0.3 is 6.18 Å². The largest absolute Gasteiger partial charge is 0.416 e. The van der Waals surface area contributed by atoms with Crippen molar-refractivity contribution >= 4 is 17.3 Å². The average Bonchev–Trinajstić information content (AvgIpc) is 2.68. The van der Waals surface area contributed by atoms with Crippen LogP contribution in [-0.2, 0) is 6.18 Å². The third-order valence-corrected chi connectivity index (χ3v) is 4.49. The van der Waals surface area contributed by atoms with E-state index in [4.69, 9.17) is 0 Å². The number of nitrogens with one attached hydrogen (secondary N) is 1. The third kappa shape index (κ3) is 3.14. The molecular formula is C21H15F3N2O. The zero-order chi connectivity index (χ0) is 19.0. The monoisotopic (exact) mass is 368 g/mol. The van der Waals surface area contributed by atoms with Crippen molar-refractivity contribution in [1.29, 1.82) is 0 Å². The summed E-state index contributed by atoms with van der Waals surface area (Å²) in [5.74, 6) is -0.266. The van der Waals surface area contributed by atoms with E-state index in [0.29, 0.717) is 22.5 Å². The Morgan fingerprint density at radius 1 is 0.852 bits per heavy atom.